The summed E-state index contributed by atoms with van der Waals surface area (Å²) in [5.74, 6) is 0.761. The maximum atomic E-state index is 12.6. The summed E-state index contributed by atoms with van der Waals surface area (Å²) in [5, 5.41) is 3.00. The Labute approximate surface area is 177 Å². The first-order valence-corrected chi connectivity index (χ1v) is 12.5. The Kier molecular flexibility index (Phi) is 7.75. The molecule has 0 atom stereocenters. The monoisotopic (exact) mass is 432 g/mol. The van der Waals surface area contributed by atoms with Crippen LogP contribution in [0.1, 0.15) is 24.0 Å². The number of nitrogens with one attached hydrogen (secondary N) is 1. The van der Waals surface area contributed by atoms with E-state index in [0.717, 1.165) is 11.3 Å². The fourth-order valence-corrected chi connectivity index (χ4v) is 5.73. The zero-order chi connectivity index (χ0) is 20.7. The fraction of sp³-hybridized carbons (Fsp3) is 0.409. The van der Waals surface area contributed by atoms with Gasteiger partial charge in [-0.2, -0.15) is 0 Å². The van der Waals surface area contributed by atoms with Crippen molar-refractivity contribution in [2.24, 2.45) is 5.92 Å². The molecule has 0 radical (unpaired) electrons. The second kappa shape index (κ2) is 10.3. The molecule has 7 heteroatoms. The first kappa shape index (κ1) is 21.9. The van der Waals surface area contributed by atoms with Crippen LogP contribution < -0.4 is 5.32 Å². The van der Waals surface area contributed by atoms with Crippen LogP contribution in [0.5, 0.6) is 0 Å². The SMILES string of the molecule is Cc1ccc(SCCNC(=O)C2CCN(S(=O)(=O)Cc3ccccc3)CC2)cc1. The van der Waals surface area contributed by atoms with Gasteiger partial charge in [0.2, 0.25) is 15.9 Å². The zero-order valence-electron chi connectivity index (χ0n) is 16.7. The van der Waals surface area contributed by atoms with E-state index in [9.17, 15) is 13.2 Å². The second-order valence-corrected chi connectivity index (χ2v) is 10.5. The molecular weight excluding hydrogens is 404 g/mol. The van der Waals surface area contributed by atoms with E-state index in [-0.39, 0.29) is 17.6 Å². The molecule has 29 heavy (non-hydrogen) atoms. The van der Waals surface area contributed by atoms with Gasteiger partial charge in [0.15, 0.2) is 0 Å². The number of nitrogens with zero attached hydrogens (tertiary/aromatic N) is 1. The number of amides is 1. The summed E-state index contributed by atoms with van der Waals surface area (Å²) in [5.41, 5.74) is 2.03. The van der Waals surface area contributed by atoms with Gasteiger partial charge in [-0.05, 0) is 37.5 Å². The number of aryl methyl sites for hydroxylation is 1. The first-order valence-electron chi connectivity index (χ1n) is 9.93. The van der Waals surface area contributed by atoms with Crippen molar-refractivity contribution in [2.45, 2.75) is 30.4 Å². The first-order chi connectivity index (χ1) is 13.9. The minimum absolute atomic E-state index is 0.0148. The van der Waals surface area contributed by atoms with Crippen LogP contribution in [0.2, 0.25) is 0 Å². The zero-order valence-corrected chi connectivity index (χ0v) is 18.3. The van der Waals surface area contributed by atoms with Gasteiger partial charge < -0.3 is 5.32 Å². The number of carbonyl (C=O) groups is 1. The van der Waals surface area contributed by atoms with E-state index in [1.165, 1.54) is 14.8 Å². The van der Waals surface area contributed by atoms with Crippen molar-refractivity contribution in [3.63, 3.8) is 0 Å². The Morgan fingerprint density at radius 1 is 1.07 bits per heavy atom. The highest BCUT2D eigenvalue weighted by atomic mass is 32.2. The topological polar surface area (TPSA) is 66.5 Å². The Morgan fingerprint density at radius 3 is 2.38 bits per heavy atom. The molecule has 2 aromatic carbocycles. The van der Waals surface area contributed by atoms with Crippen molar-refractivity contribution in [3.05, 3.63) is 65.7 Å². The van der Waals surface area contributed by atoms with Gasteiger partial charge in [-0.1, -0.05) is 48.0 Å². The summed E-state index contributed by atoms with van der Waals surface area (Å²) in [6, 6.07) is 17.6. The van der Waals surface area contributed by atoms with Gasteiger partial charge in [0.1, 0.15) is 0 Å². The van der Waals surface area contributed by atoms with E-state index in [1.54, 1.807) is 11.8 Å². The maximum Gasteiger partial charge on any atom is 0.223 e. The van der Waals surface area contributed by atoms with Gasteiger partial charge >= 0.3 is 0 Å². The van der Waals surface area contributed by atoms with Crippen LogP contribution in [0.15, 0.2) is 59.5 Å². The normalized spacial score (nSPS) is 15.9. The third-order valence-corrected chi connectivity index (χ3v) is 7.96. The molecule has 0 aromatic heterocycles. The van der Waals surface area contributed by atoms with Crippen molar-refractivity contribution >= 4 is 27.7 Å². The lowest BCUT2D eigenvalue weighted by atomic mass is 9.97. The van der Waals surface area contributed by atoms with Crippen LogP contribution in [-0.2, 0) is 20.6 Å². The minimum Gasteiger partial charge on any atom is -0.355 e. The van der Waals surface area contributed by atoms with E-state index in [2.05, 4.69) is 36.5 Å². The molecule has 1 aliphatic rings. The Balaban J connectivity index is 1.39. The summed E-state index contributed by atoms with van der Waals surface area (Å²) in [6.45, 7) is 3.49. The number of hydrogen-bond acceptors (Lipinski definition) is 4. The van der Waals surface area contributed by atoms with Gasteiger partial charge in [0.05, 0.1) is 5.75 Å². The quantitative estimate of drug-likeness (QED) is 0.513. The minimum atomic E-state index is -3.34. The number of benzene rings is 2. The van der Waals surface area contributed by atoms with E-state index in [0.29, 0.717) is 32.5 Å². The molecule has 2 aromatic rings. The lowest BCUT2D eigenvalue weighted by Crippen LogP contribution is -2.43. The maximum absolute atomic E-state index is 12.6. The highest BCUT2D eigenvalue weighted by Gasteiger charge is 2.30. The lowest BCUT2D eigenvalue weighted by Gasteiger charge is -2.30. The van der Waals surface area contributed by atoms with Gasteiger partial charge in [0, 0.05) is 36.2 Å². The molecule has 0 saturated carbocycles. The summed E-state index contributed by atoms with van der Waals surface area (Å²) in [7, 11) is -3.34. The van der Waals surface area contributed by atoms with Crippen molar-refractivity contribution in [1.82, 2.24) is 9.62 Å². The number of sulfonamides is 1. The van der Waals surface area contributed by atoms with Gasteiger partial charge in [-0.15, -0.1) is 11.8 Å². The number of hydrogen-bond donors (Lipinski definition) is 1. The lowest BCUT2D eigenvalue weighted by molar-refractivity contribution is -0.125. The summed E-state index contributed by atoms with van der Waals surface area (Å²) >= 11 is 1.72. The fourth-order valence-electron chi connectivity index (χ4n) is 3.39. The molecule has 1 aliphatic heterocycles. The van der Waals surface area contributed by atoms with Crippen molar-refractivity contribution < 1.29 is 13.2 Å². The molecule has 1 heterocycles. The van der Waals surface area contributed by atoms with Gasteiger partial charge in [-0.3, -0.25) is 4.79 Å². The van der Waals surface area contributed by atoms with Gasteiger partial charge in [-0.25, -0.2) is 12.7 Å². The predicted molar refractivity (Wildman–Crippen MR) is 118 cm³/mol. The molecule has 1 amide bonds. The molecule has 1 fully saturated rings. The van der Waals surface area contributed by atoms with E-state index in [1.807, 2.05) is 30.3 Å². The molecule has 0 unspecified atom stereocenters. The molecule has 0 spiro atoms. The Morgan fingerprint density at radius 2 is 1.72 bits per heavy atom. The number of thioether (sulfide) groups is 1. The second-order valence-electron chi connectivity index (χ2n) is 7.37. The molecule has 156 valence electrons. The number of piperidine rings is 1. The molecule has 0 aliphatic carbocycles. The van der Waals surface area contributed by atoms with Crippen LogP contribution in [0.4, 0.5) is 0 Å². The molecular formula is C22H28N2O3S2. The van der Waals surface area contributed by atoms with Crippen molar-refractivity contribution in [1.29, 1.82) is 0 Å². The van der Waals surface area contributed by atoms with E-state index < -0.39 is 10.0 Å². The summed E-state index contributed by atoms with van der Waals surface area (Å²) < 4.78 is 26.8. The highest BCUT2D eigenvalue weighted by molar-refractivity contribution is 7.99. The number of carbonyl (C=O) groups excluding carboxylic acids is 1. The smallest absolute Gasteiger partial charge is 0.223 e. The molecule has 1 N–H and O–H groups in total. The summed E-state index contributed by atoms with van der Waals surface area (Å²) in [4.78, 5) is 13.6. The third-order valence-electron chi connectivity index (χ3n) is 5.10. The van der Waals surface area contributed by atoms with Crippen LogP contribution >= 0.6 is 11.8 Å². The predicted octanol–water partition coefficient (Wildman–Crippen LogP) is 3.45. The van der Waals surface area contributed by atoms with Crippen LogP contribution in [-0.4, -0.2) is 44.0 Å². The van der Waals surface area contributed by atoms with Crippen LogP contribution in [0, 0.1) is 12.8 Å². The van der Waals surface area contributed by atoms with Gasteiger partial charge in [0.25, 0.3) is 0 Å². The van der Waals surface area contributed by atoms with Crippen molar-refractivity contribution in [3.8, 4) is 0 Å². The summed E-state index contributed by atoms with van der Waals surface area (Å²) in [6.07, 6.45) is 1.15. The van der Waals surface area contributed by atoms with Crippen molar-refractivity contribution in [2.75, 3.05) is 25.4 Å². The largest absolute Gasteiger partial charge is 0.355 e. The third kappa shape index (κ3) is 6.59. The number of rotatable bonds is 8. The Hall–Kier alpha value is -1.83. The average molecular weight is 433 g/mol. The van der Waals surface area contributed by atoms with E-state index >= 15 is 0 Å². The molecule has 3 rings (SSSR count). The standard InChI is InChI=1S/C22H28N2O3S2/c1-18-7-9-21(10-8-18)28-16-13-23-22(25)20-11-14-24(15-12-20)29(26,27)17-19-5-3-2-4-6-19/h2-10,20H,11-17H2,1H3,(H,23,25). The average Bonchev–Trinajstić information content (AvgIpc) is 2.73. The highest BCUT2D eigenvalue weighted by Crippen LogP contribution is 2.22. The molecule has 0 bridgehead atoms. The molecule has 5 nitrogen and oxygen atoms in total. The van der Waals surface area contributed by atoms with Crippen LogP contribution in [0.3, 0.4) is 0 Å². The molecule has 1 saturated heterocycles. The van der Waals surface area contributed by atoms with E-state index in [4.69, 9.17) is 0 Å². The van der Waals surface area contributed by atoms with Crippen LogP contribution in [0.25, 0.3) is 0 Å². The Bertz CT molecular complexity index is 891.